The minimum atomic E-state index is -4.81. The molecule has 2 N–H and O–H groups in total. The number of alkyl halides is 3. The maximum absolute atomic E-state index is 14.2. The fraction of sp³-hybridized carbons (Fsp3) is 0.324. The standard InChI is InChI=1S/C34H35F3N4O4/c1-4-41-17-15-24(16-18-41)39-33(43)23-13-14-26(29(19-23)44-3)40-30-10-6-8-27(25(20-38-30)34(35,36)37)45-28-9-5-7-22-12-11-21(2)32(42)31(22)28/h5-11,13-14,19-20,24H,4,12,15-18H2,1-3H3,(H,38,40)(H,39,43). The molecule has 0 aromatic heterocycles. The Morgan fingerprint density at radius 3 is 2.62 bits per heavy atom. The number of piperidine rings is 1. The molecule has 1 aliphatic carbocycles. The lowest BCUT2D eigenvalue weighted by Crippen LogP contribution is -2.44. The van der Waals surface area contributed by atoms with Gasteiger partial charge in [-0.15, -0.1) is 0 Å². The van der Waals surface area contributed by atoms with Gasteiger partial charge in [0, 0.05) is 30.9 Å². The number of benzene rings is 2. The number of nitrogens with one attached hydrogen (secondary N) is 2. The Morgan fingerprint density at radius 2 is 1.91 bits per heavy atom. The van der Waals surface area contributed by atoms with E-state index in [2.05, 4.69) is 27.4 Å². The summed E-state index contributed by atoms with van der Waals surface area (Å²) in [7, 11) is 1.44. The van der Waals surface area contributed by atoms with Gasteiger partial charge in [-0.25, -0.2) is 4.99 Å². The Kier molecular flexibility index (Phi) is 9.57. The number of carbonyl (C=O) groups is 2. The molecule has 236 valence electrons. The summed E-state index contributed by atoms with van der Waals surface area (Å²) in [6.45, 7) is 6.63. The van der Waals surface area contributed by atoms with Crippen molar-refractivity contribution in [1.29, 1.82) is 0 Å². The molecule has 0 radical (unpaired) electrons. The van der Waals surface area contributed by atoms with E-state index in [0.717, 1.165) is 32.5 Å². The highest BCUT2D eigenvalue weighted by Crippen LogP contribution is 2.37. The monoisotopic (exact) mass is 620 g/mol. The van der Waals surface area contributed by atoms with Crippen LogP contribution in [-0.4, -0.2) is 61.4 Å². The van der Waals surface area contributed by atoms with Crippen LogP contribution in [0.2, 0.25) is 0 Å². The molecule has 45 heavy (non-hydrogen) atoms. The molecule has 3 aliphatic rings. The number of Topliss-reactive ketones (excluding diaryl/α,β-unsaturated/α-hetero) is 1. The normalized spacial score (nSPS) is 21.8. The van der Waals surface area contributed by atoms with Crippen LogP contribution in [0, 0.1) is 0 Å². The van der Waals surface area contributed by atoms with E-state index in [4.69, 9.17) is 9.47 Å². The largest absolute Gasteiger partial charge is 0.495 e. The van der Waals surface area contributed by atoms with Crippen molar-refractivity contribution in [2.75, 3.05) is 32.1 Å². The van der Waals surface area contributed by atoms with E-state index in [1.165, 1.54) is 31.4 Å². The van der Waals surface area contributed by atoms with Crippen LogP contribution in [0.5, 0.6) is 11.5 Å². The van der Waals surface area contributed by atoms with Crippen LogP contribution >= 0.6 is 0 Å². The Labute approximate surface area is 260 Å². The van der Waals surface area contributed by atoms with Crippen LogP contribution < -0.4 is 20.1 Å². The highest BCUT2D eigenvalue weighted by Gasteiger charge is 2.38. The molecule has 0 bridgehead atoms. The first-order valence-electron chi connectivity index (χ1n) is 14.8. The average Bonchev–Trinajstić information content (AvgIpc) is 3.01. The number of ketones is 1. The highest BCUT2D eigenvalue weighted by molar-refractivity contribution is 6.12. The Balaban J connectivity index is 1.34. The van der Waals surface area contributed by atoms with E-state index >= 15 is 0 Å². The summed E-state index contributed by atoms with van der Waals surface area (Å²) in [4.78, 5) is 32.2. The van der Waals surface area contributed by atoms with E-state index in [0.29, 0.717) is 40.8 Å². The van der Waals surface area contributed by atoms with E-state index in [9.17, 15) is 22.8 Å². The fourth-order valence-corrected chi connectivity index (χ4v) is 5.43. The number of carbonyl (C=O) groups excluding carboxylic acids is 2. The molecule has 1 amide bonds. The second kappa shape index (κ2) is 13.6. The molecule has 11 heteroatoms. The number of methoxy groups -OCH3 is 1. The molecule has 2 aromatic carbocycles. The van der Waals surface area contributed by atoms with Crippen molar-refractivity contribution in [2.45, 2.75) is 45.3 Å². The molecule has 0 unspecified atom stereocenters. The summed E-state index contributed by atoms with van der Waals surface area (Å²) in [5.74, 6) is -0.542. The topological polar surface area (TPSA) is 92.3 Å². The third-order valence-corrected chi connectivity index (χ3v) is 8.05. The molecule has 2 aliphatic heterocycles. The van der Waals surface area contributed by atoms with Gasteiger partial charge in [-0.05, 0) is 80.3 Å². The number of fused-ring (bicyclic) bond motifs is 1. The lowest BCUT2D eigenvalue weighted by molar-refractivity contribution is -0.0921. The van der Waals surface area contributed by atoms with Crippen LogP contribution in [0.1, 0.15) is 53.0 Å². The first-order valence-corrected chi connectivity index (χ1v) is 14.8. The highest BCUT2D eigenvalue weighted by atomic mass is 19.4. The van der Waals surface area contributed by atoms with Gasteiger partial charge in [-0.1, -0.05) is 31.2 Å². The molecule has 0 atom stereocenters. The summed E-state index contributed by atoms with van der Waals surface area (Å²) in [5, 5.41) is 6.06. The van der Waals surface area contributed by atoms with Crippen LogP contribution in [-0.2, 0) is 6.42 Å². The molecule has 0 saturated carbocycles. The third-order valence-electron chi connectivity index (χ3n) is 8.05. The lowest BCUT2D eigenvalue weighted by Gasteiger charge is -2.31. The number of hydrogen-bond acceptors (Lipinski definition) is 7. The number of likely N-dealkylation sites (tertiary alicyclic amines) is 1. The van der Waals surface area contributed by atoms with E-state index in [1.807, 2.05) is 0 Å². The van der Waals surface area contributed by atoms with Crippen molar-refractivity contribution >= 4 is 23.2 Å². The summed E-state index contributed by atoms with van der Waals surface area (Å²) in [6.07, 6.45) is 3.93. The second-order valence-corrected chi connectivity index (χ2v) is 11.0. The average molecular weight is 621 g/mol. The maximum atomic E-state index is 14.2. The van der Waals surface area contributed by atoms with E-state index in [-0.39, 0.29) is 34.9 Å². The van der Waals surface area contributed by atoms with Crippen LogP contribution in [0.4, 0.5) is 18.9 Å². The number of ether oxygens (including phenoxy) is 2. The van der Waals surface area contributed by atoms with Crippen molar-refractivity contribution in [2.24, 2.45) is 4.99 Å². The first-order chi connectivity index (χ1) is 21.6. The molecule has 2 heterocycles. The second-order valence-electron chi connectivity index (χ2n) is 11.0. The Morgan fingerprint density at radius 1 is 1.13 bits per heavy atom. The number of aliphatic imine (C=N–C) groups is 1. The zero-order chi connectivity index (χ0) is 32.1. The number of halogens is 3. The number of allylic oxidation sites excluding steroid dienone is 5. The number of rotatable bonds is 7. The van der Waals surface area contributed by atoms with Gasteiger partial charge in [0.1, 0.15) is 28.7 Å². The Hall–Kier alpha value is -4.64. The van der Waals surface area contributed by atoms with E-state index in [1.54, 1.807) is 43.3 Å². The van der Waals surface area contributed by atoms with Crippen molar-refractivity contribution in [3.8, 4) is 11.5 Å². The minimum absolute atomic E-state index is 0.0444. The number of nitrogens with zero attached hydrogens (tertiary/aromatic N) is 2. The molecule has 0 spiro atoms. The molecule has 5 rings (SSSR count). The van der Waals surface area contributed by atoms with Crippen molar-refractivity contribution in [3.05, 3.63) is 100 Å². The Bertz CT molecular complexity index is 1630. The van der Waals surface area contributed by atoms with Crippen molar-refractivity contribution < 1.29 is 32.2 Å². The maximum Gasteiger partial charge on any atom is 0.421 e. The van der Waals surface area contributed by atoms with Gasteiger partial charge in [0.25, 0.3) is 5.91 Å². The summed E-state index contributed by atoms with van der Waals surface area (Å²) in [6, 6.07) is 9.78. The van der Waals surface area contributed by atoms with Gasteiger partial charge in [0.05, 0.1) is 18.4 Å². The third kappa shape index (κ3) is 7.37. The number of amides is 1. The summed E-state index contributed by atoms with van der Waals surface area (Å²) >= 11 is 0. The van der Waals surface area contributed by atoms with Crippen molar-refractivity contribution in [1.82, 2.24) is 10.2 Å². The smallest absolute Gasteiger partial charge is 0.421 e. The van der Waals surface area contributed by atoms with Crippen LogP contribution in [0.3, 0.4) is 0 Å². The van der Waals surface area contributed by atoms with Gasteiger partial charge in [0.15, 0.2) is 5.78 Å². The number of hydrogen-bond donors (Lipinski definition) is 2. The minimum Gasteiger partial charge on any atom is -0.495 e. The van der Waals surface area contributed by atoms with Gasteiger partial charge in [-0.2, -0.15) is 13.2 Å². The molecule has 8 nitrogen and oxygen atoms in total. The zero-order valence-corrected chi connectivity index (χ0v) is 25.3. The van der Waals surface area contributed by atoms with Gasteiger partial charge in [0.2, 0.25) is 0 Å². The van der Waals surface area contributed by atoms with Gasteiger partial charge >= 0.3 is 6.18 Å². The molecular formula is C34H35F3N4O4. The predicted molar refractivity (Wildman–Crippen MR) is 167 cm³/mol. The van der Waals surface area contributed by atoms with Crippen LogP contribution in [0.25, 0.3) is 0 Å². The number of anilines is 1. The van der Waals surface area contributed by atoms with E-state index < -0.39 is 17.5 Å². The molecule has 1 saturated heterocycles. The fourth-order valence-electron chi connectivity index (χ4n) is 5.43. The van der Waals surface area contributed by atoms with Gasteiger partial charge in [-0.3, -0.25) is 9.59 Å². The molecule has 1 fully saturated rings. The predicted octanol–water partition coefficient (Wildman–Crippen LogP) is 6.38. The summed E-state index contributed by atoms with van der Waals surface area (Å²) in [5.41, 5.74) is 1.14. The summed E-state index contributed by atoms with van der Waals surface area (Å²) < 4.78 is 54.0. The molecular weight excluding hydrogens is 585 g/mol. The van der Waals surface area contributed by atoms with Crippen molar-refractivity contribution in [3.63, 3.8) is 0 Å². The SMILES string of the molecule is CCN1CCC(NC(=O)c2ccc(NC3=N/C=C(C(F)(F)F)\C(Oc4cccc5c4C(=O)C(C)=CC5)=C\C=C\3)c(OC)c2)CC1. The quantitative estimate of drug-likeness (QED) is 0.373. The first kappa shape index (κ1) is 31.8. The zero-order valence-electron chi connectivity index (χ0n) is 25.3. The van der Waals surface area contributed by atoms with Gasteiger partial charge < -0.3 is 25.0 Å². The van der Waals surface area contributed by atoms with Crippen LogP contribution in [0.15, 0.2) is 88.8 Å². The molecule has 2 aromatic rings. The number of amidine groups is 1. The lowest BCUT2D eigenvalue weighted by atomic mass is 9.90.